The standard InChI is InChI=1S/C32H34N2O4/c1-2-3-4-10-23-38-30-14-9-8-13-29(30)32(36,37)34(24-25-11-6-5-7-12-25)31(35)28-17-15-26(16-18-28)27-19-21-33-22-20-27/h5-9,11-22,36-37H,2-4,10,23-24H2,1H3. The first-order valence-electron chi connectivity index (χ1n) is 13.0. The highest BCUT2D eigenvalue weighted by Crippen LogP contribution is 2.34. The number of nitrogens with zero attached hydrogens (tertiary/aromatic N) is 2. The molecule has 0 bridgehead atoms. The number of carbonyl (C=O) groups is 1. The van der Waals surface area contributed by atoms with Gasteiger partial charge in [-0.2, -0.15) is 0 Å². The smallest absolute Gasteiger partial charge is 0.281 e. The van der Waals surface area contributed by atoms with Crippen molar-refractivity contribution in [3.63, 3.8) is 0 Å². The molecule has 0 aliphatic carbocycles. The largest absolute Gasteiger partial charge is 0.493 e. The van der Waals surface area contributed by atoms with Gasteiger partial charge in [0.2, 0.25) is 0 Å². The molecule has 0 atom stereocenters. The van der Waals surface area contributed by atoms with Crippen LogP contribution in [0.2, 0.25) is 0 Å². The summed E-state index contributed by atoms with van der Waals surface area (Å²) in [6.45, 7) is 2.59. The van der Waals surface area contributed by atoms with E-state index >= 15 is 0 Å². The molecule has 3 aromatic carbocycles. The first-order valence-corrected chi connectivity index (χ1v) is 13.0. The van der Waals surface area contributed by atoms with Crippen molar-refractivity contribution in [3.8, 4) is 16.9 Å². The van der Waals surface area contributed by atoms with Crippen molar-refractivity contribution in [1.82, 2.24) is 9.88 Å². The van der Waals surface area contributed by atoms with E-state index in [1.165, 1.54) is 0 Å². The molecule has 4 aromatic rings. The zero-order chi connectivity index (χ0) is 26.8. The summed E-state index contributed by atoms with van der Waals surface area (Å²) in [6, 6.07) is 26.9. The normalized spacial score (nSPS) is 11.2. The molecule has 0 unspecified atom stereocenters. The molecule has 2 N–H and O–H groups in total. The molecule has 0 fully saturated rings. The van der Waals surface area contributed by atoms with Crippen LogP contribution in [0.15, 0.2) is 103 Å². The van der Waals surface area contributed by atoms with Gasteiger partial charge in [-0.15, -0.1) is 0 Å². The summed E-state index contributed by atoms with van der Waals surface area (Å²) in [5, 5.41) is 23.1. The molecule has 0 aliphatic heterocycles. The SMILES string of the molecule is CCCCCCOc1ccccc1C(O)(O)N(Cc1ccccc1)C(=O)c1ccc(-c2ccncc2)cc1. The number of pyridine rings is 1. The van der Waals surface area contributed by atoms with Crippen LogP contribution in [0, 0.1) is 0 Å². The molecule has 1 heterocycles. The molecule has 6 nitrogen and oxygen atoms in total. The van der Waals surface area contributed by atoms with Gasteiger partial charge in [0.25, 0.3) is 11.8 Å². The number of rotatable bonds is 12. The number of unbranched alkanes of at least 4 members (excludes halogenated alkanes) is 3. The van der Waals surface area contributed by atoms with E-state index in [0.717, 1.165) is 47.3 Å². The molecule has 38 heavy (non-hydrogen) atoms. The van der Waals surface area contributed by atoms with Gasteiger partial charge in [0, 0.05) is 18.0 Å². The van der Waals surface area contributed by atoms with Crippen LogP contribution < -0.4 is 4.74 Å². The first-order chi connectivity index (χ1) is 18.5. The van der Waals surface area contributed by atoms with Gasteiger partial charge >= 0.3 is 0 Å². The number of aliphatic hydroxyl groups is 2. The summed E-state index contributed by atoms with van der Waals surface area (Å²) in [5.74, 6) is -2.79. The van der Waals surface area contributed by atoms with Crippen LogP contribution in [0.1, 0.15) is 54.1 Å². The fourth-order valence-electron chi connectivity index (χ4n) is 4.32. The van der Waals surface area contributed by atoms with E-state index < -0.39 is 11.8 Å². The molecule has 0 spiro atoms. The van der Waals surface area contributed by atoms with E-state index in [4.69, 9.17) is 4.74 Å². The molecular weight excluding hydrogens is 476 g/mol. The fraction of sp³-hybridized carbons (Fsp3) is 0.250. The Labute approximate surface area is 224 Å². The van der Waals surface area contributed by atoms with E-state index in [0.29, 0.717) is 17.9 Å². The molecule has 1 aromatic heterocycles. The summed E-state index contributed by atoms with van der Waals surface area (Å²) in [5.41, 5.74) is 3.13. The summed E-state index contributed by atoms with van der Waals surface area (Å²) in [6.07, 6.45) is 7.57. The Morgan fingerprint density at radius 3 is 2.18 bits per heavy atom. The van der Waals surface area contributed by atoms with Crippen molar-refractivity contribution in [2.75, 3.05) is 6.61 Å². The quantitative estimate of drug-likeness (QED) is 0.177. The van der Waals surface area contributed by atoms with Gasteiger partial charge in [-0.3, -0.25) is 14.7 Å². The van der Waals surface area contributed by atoms with Crippen LogP contribution >= 0.6 is 0 Å². The van der Waals surface area contributed by atoms with Crippen LogP contribution in [0.25, 0.3) is 11.1 Å². The predicted molar refractivity (Wildman–Crippen MR) is 148 cm³/mol. The van der Waals surface area contributed by atoms with Gasteiger partial charge in [0.1, 0.15) is 5.75 Å². The molecule has 0 saturated carbocycles. The second-order valence-electron chi connectivity index (χ2n) is 9.23. The predicted octanol–water partition coefficient (Wildman–Crippen LogP) is 6.15. The Morgan fingerprint density at radius 1 is 0.816 bits per heavy atom. The Bertz CT molecular complexity index is 1290. The maximum absolute atomic E-state index is 13.8. The van der Waals surface area contributed by atoms with E-state index in [1.807, 2.05) is 54.6 Å². The van der Waals surface area contributed by atoms with Gasteiger partial charge in [0.05, 0.1) is 18.7 Å². The summed E-state index contributed by atoms with van der Waals surface area (Å²) in [7, 11) is 0. The number of para-hydroxylation sites is 1. The van der Waals surface area contributed by atoms with Crippen LogP contribution in [0.5, 0.6) is 5.75 Å². The molecule has 0 aliphatic rings. The first kappa shape index (κ1) is 27.0. The molecule has 196 valence electrons. The Kier molecular flexibility index (Phi) is 9.25. The lowest BCUT2D eigenvalue weighted by atomic mass is 10.0. The maximum atomic E-state index is 13.8. The summed E-state index contributed by atoms with van der Waals surface area (Å²) < 4.78 is 5.96. The Balaban J connectivity index is 1.64. The van der Waals surface area contributed by atoms with Crippen molar-refractivity contribution in [3.05, 3.63) is 120 Å². The highest BCUT2D eigenvalue weighted by molar-refractivity contribution is 5.95. The minimum Gasteiger partial charge on any atom is -0.493 e. The topological polar surface area (TPSA) is 82.9 Å². The zero-order valence-electron chi connectivity index (χ0n) is 21.7. The highest BCUT2D eigenvalue weighted by atomic mass is 16.5. The number of hydrogen-bond donors (Lipinski definition) is 2. The van der Waals surface area contributed by atoms with E-state index in [1.54, 1.807) is 48.8 Å². The van der Waals surface area contributed by atoms with E-state index in [9.17, 15) is 15.0 Å². The van der Waals surface area contributed by atoms with Crippen molar-refractivity contribution in [1.29, 1.82) is 0 Å². The third-order valence-corrected chi connectivity index (χ3v) is 6.45. The number of hydrogen-bond acceptors (Lipinski definition) is 5. The van der Waals surface area contributed by atoms with Crippen molar-refractivity contribution >= 4 is 5.91 Å². The van der Waals surface area contributed by atoms with Gasteiger partial charge in [-0.05, 0) is 59.5 Å². The lowest BCUT2D eigenvalue weighted by molar-refractivity contribution is -0.259. The van der Waals surface area contributed by atoms with Crippen molar-refractivity contribution < 1.29 is 19.7 Å². The van der Waals surface area contributed by atoms with Gasteiger partial charge in [-0.25, -0.2) is 0 Å². The fourth-order valence-corrected chi connectivity index (χ4v) is 4.32. The van der Waals surface area contributed by atoms with Gasteiger partial charge in [0.15, 0.2) is 0 Å². The average Bonchev–Trinajstić information content (AvgIpc) is 2.96. The molecule has 0 saturated heterocycles. The number of amides is 1. The van der Waals surface area contributed by atoms with Crippen LogP contribution in [-0.4, -0.2) is 32.6 Å². The number of aromatic nitrogens is 1. The average molecular weight is 511 g/mol. The highest BCUT2D eigenvalue weighted by Gasteiger charge is 2.40. The number of benzene rings is 3. The summed E-state index contributed by atoms with van der Waals surface area (Å²) in [4.78, 5) is 18.9. The van der Waals surface area contributed by atoms with Gasteiger partial charge in [-0.1, -0.05) is 80.8 Å². The third kappa shape index (κ3) is 6.65. The van der Waals surface area contributed by atoms with Crippen molar-refractivity contribution in [2.24, 2.45) is 0 Å². The minimum absolute atomic E-state index is 0.0103. The molecule has 6 heteroatoms. The second-order valence-corrected chi connectivity index (χ2v) is 9.23. The summed E-state index contributed by atoms with van der Waals surface area (Å²) >= 11 is 0. The number of carbonyl (C=O) groups excluding carboxylic acids is 1. The monoisotopic (exact) mass is 510 g/mol. The zero-order valence-corrected chi connectivity index (χ0v) is 21.7. The van der Waals surface area contributed by atoms with Gasteiger partial charge < -0.3 is 14.9 Å². The van der Waals surface area contributed by atoms with E-state index in [-0.39, 0.29) is 12.1 Å². The van der Waals surface area contributed by atoms with Crippen LogP contribution in [0.4, 0.5) is 0 Å². The van der Waals surface area contributed by atoms with Crippen LogP contribution in [0.3, 0.4) is 0 Å². The van der Waals surface area contributed by atoms with Crippen molar-refractivity contribution in [2.45, 2.75) is 45.1 Å². The Morgan fingerprint density at radius 2 is 1.47 bits per heavy atom. The second kappa shape index (κ2) is 13.0. The molecular formula is C32H34N2O4. The maximum Gasteiger partial charge on any atom is 0.281 e. The third-order valence-electron chi connectivity index (χ3n) is 6.45. The van der Waals surface area contributed by atoms with E-state index in [2.05, 4.69) is 11.9 Å². The molecule has 1 amide bonds. The molecule has 4 rings (SSSR count). The van der Waals surface area contributed by atoms with Crippen LogP contribution in [-0.2, 0) is 12.5 Å². The lowest BCUT2D eigenvalue weighted by Crippen LogP contribution is -2.49. The lowest BCUT2D eigenvalue weighted by Gasteiger charge is -2.36. The minimum atomic E-state index is -2.61. The Hall–Kier alpha value is -4.00. The molecule has 0 radical (unpaired) electrons. The number of ether oxygens (including phenoxy) is 1.